The third-order valence-electron chi connectivity index (χ3n) is 5.41. The van der Waals surface area contributed by atoms with Crippen LogP contribution in [0, 0.1) is 0 Å². The van der Waals surface area contributed by atoms with Crippen LogP contribution >= 0.6 is 0 Å². The van der Waals surface area contributed by atoms with Crippen LogP contribution in [0.15, 0.2) is 35.0 Å². The number of fused-ring (bicyclic) bond motifs is 1. The van der Waals surface area contributed by atoms with Crippen molar-refractivity contribution in [3.8, 4) is 0 Å². The minimum Gasteiger partial charge on any atom is -0.425 e. The van der Waals surface area contributed by atoms with Crippen molar-refractivity contribution in [2.24, 2.45) is 0 Å². The van der Waals surface area contributed by atoms with Crippen molar-refractivity contribution in [3.63, 3.8) is 0 Å². The summed E-state index contributed by atoms with van der Waals surface area (Å²) >= 11 is 0. The topological polar surface area (TPSA) is 77.1 Å². The smallest absolute Gasteiger partial charge is 0.242 e. The first-order chi connectivity index (χ1) is 12.8. The first-order valence-electron chi connectivity index (χ1n) is 9.29. The maximum absolute atomic E-state index is 12.7. The van der Waals surface area contributed by atoms with Gasteiger partial charge >= 0.3 is 0 Å². The lowest BCUT2D eigenvalue weighted by atomic mass is 9.97. The molecule has 1 amide bonds. The minimum absolute atomic E-state index is 0.135. The van der Waals surface area contributed by atoms with Crippen LogP contribution in [0.3, 0.4) is 0 Å². The number of nitrogens with zero attached hydrogens (tertiary/aromatic N) is 5. The van der Waals surface area contributed by atoms with Crippen LogP contribution in [-0.2, 0) is 11.3 Å². The van der Waals surface area contributed by atoms with Crippen LogP contribution in [0.2, 0.25) is 0 Å². The van der Waals surface area contributed by atoms with Gasteiger partial charge in [0.05, 0.1) is 17.4 Å². The highest BCUT2D eigenvalue weighted by atomic mass is 16.4. The number of carbonyl (C=O) groups is 1. The van der Waals surface area contributed by atoms with Crippen LogP contribution in [0.5, 0.6) is 0 Å². The lowest BCUT2D eigenvalue weighted by Gasteiger charge is -2.30. The molecule has 0 unspecified atom stereocenters. The van der Waals surface area contributed by atoms with Crippen molar-refractivity contribution in [2.75, 3.05) is 13.1 Å². The Morgan fingerprint density at radius 3 is 2.46 bits per heavy atom. The predicted molar refractivity (Wildman–Crippen MR) is 94.6 cm³/mol. The zero-order chi connectivity index (χ0) is 17.5. The summed E-state index contributed by atoms with van der Waals surface area (Å²) in [6, 6.07) is 7.88. The molecule has 7 heteroatoms. The summed E-state index contributed by atoms with van der Waals surface area (Å²) in [5.74, 6) is 2.44. The molecule has 1 aliphatic carbocycles. The van der Waals surface area contributed by atoms with E-state index in [-0.39, 0.29) is 11.8 Å². The summed E-state index contributed by atoms with van der Waals surface area (Å²) in [5.41, 5.74) is 1.91. The van der Waals surface area contributed by atoms with E-state index in [1.165, 1.54) is 0 Å². The number of aromatic nitrogens is 4. The Hall–Kier alpha value is -2.70. The molecule has 2 fully saturated rings. The third-order valence-corrected chi connectivity index (χ3v) is 5.41. The SMILES string of the molecule is O=C(Cn1cnc2ccccc21)N1CCC(c2nnc(C3CC3)o2)CC1. The first kappa shape index (κ1) is 15.5. The molecule has 1 aliphatic heterocycles. The highest BCUT2D eigenvalue weighted by Crippen LogP contribution is 2.40. The molecule has 0 atom stereocenters. The predicted octanol–water partition coefficient (Wildman–Crippen LogP) is 2.70. The lowest BCUT2D eigenvalue weighted by molar-refractivity contribution is -0.132. The van der Waals surface area contributed by atoms with E-state index in [1.807, 2.05) is 33.7 Å². The fraction of sp³-hybridized carbons (Fsp3) is 0.474. The maximum atomic E-state index is 12.7. The van der Waals surface area contributed by atoms with Gasteiger partial charge in [-0.3, -0.25) is 4.79 Å². The number of piperidine rings is 1. The van der Waals surface area contributed by atoms with Gasteiger partial charge in [0.2, 0.25) is 17.7 Å². The molecule has 0 radical (unpaired) electrons. The maximum Gasteiger partial charge on any atom is 0.242 e. The number of amides is 1. The minimum atomic E-state index is 0.135. The molecule has 0 spiro atoms. The summed E-state index contributed by atoms with van der Waals surface area (Å²) in [6.45, 7) is 1.80. The molecule has 1 aromatic carbocycles. The number of para-hydroxylation sites is 2. The molecule has 1 saturated carbocycles. The summed E-state index contributed by atoms with van der Waals surface area (Å²) in [4.78, 5) is 19.0. The Balaban J connectivity index is 1.21. The van der Waals surface area contributed by atoms with E-state index in [4.69, 9.17) is 4.42 Å². The van der Waals surface area contributed by atoms with Crippen molar-refractivity contribution in [2.45, 2.75) is 44.1 Å². The van der Waals surface area contributed by atoms with Gasteiger partial charge in [-0.1, -0.05) is 12.1 Å². The first-order valence-corrected chi connectivity index (χ1v) is 9.29. The Labute approximate surface area is 151 Å². The van der Waals surface area contributed by atoms with Gasteiger partial charge < -0.3 is 13.9 Å². The van der Waals surface area contributed by atoms with Gasteiger partial charge in [0.15, 0.2) is 0 Å². The normalized spacial score (nSPS) is 18.5. The Morgan fingerprint density at radius 1 is 1.04 bits per heavy atom. The summed E-state index contributed by atoms with van der Waals surface area (Å²) in [5, 5.41) is 8.41. The number of likely N-dealkylation sites (tertiary alicyclic amines) is 1. The Bertz CT molecular complexity index is 934. The number of benzene rings is 1. The Morgan fingerprint density at radius 2 is 1.73 bits per heavy atom. The molecule has 5 rings (SSSR count). The molecular formula is C19H21N5O2. The van der Waals surface area contributed by atoms with Gasteiger partial charge in [-0.25, -0.2) is 4.98 Å². The zero-order valence-electron chi connectivity index (χ0n) is 14.5. The van der Waals surface area contributed by atoms with Crippen LogP contribution in [0.1, 0.15) is 49.3 Å². The highest BCUT2D eigenvalue weighted by Gasteiger charge is 2.32. The van der Waals surface area contributed by atoms with Crippen LogP contribution in [0.25, 0.3) is 11.0 Å². The fourth-order valence-electron chi connectivity index (χ4n) is 3.66. The van der Waals surface area contributed by atoms with Gasteiger partial charge in [-0.2, -0.15) is 0 Å². The molecule has 2 aliphatic rings. The van der Waals surface area contributed by atoms with Crippen molar-refractivity contribution in [3.05, 3.63) is 42.4 Å². The van der Waals surface area contributed by atoms with Crippen molar-refractivity contribution in [1.29, 1.82) is 0 Å². The number of carbonyl (C=O) groups excluding carboxylic acids is 1. The van der Waals surface area contributed by atoms with Gasteiger partial charge in [0, 0.05) is 24.9 Å². The van der Waals surface area contributed by atoms with Gasteiger partial charge in [-0.05, 0) is 37.8 Å². The fourth-order valence-corrected chi connectivity index (χ4v) is 3.66. The van der Waals surface area contributed by atoms with Gasteiger partial charge in [0.25, 0.3) is 0 Å². The molecule has 2 aromatic heterocycles. The quantitative estimate of drug-likeness (QED) is 0.722. The van der Waals surface area contributed by atoms with E-state index in [1.54, 1.807) is 6.33 Å². The summed E-state index contributed by atoms with van der Waals surface area (Å²) < 4.78 is 7.76. The van der Waals surface area contributed by atoms with E-state index >= 15 is 0 Å². The van der Waals surface area contributed by atoms with Gasteiger partial charge in [-0.15, -0.1) is 10.2 Å². The van der Waals surface area contributed by atoms with Crippen molar-refractivity contribution >= 4 is 16.9 Å². The molecule has 7 nitrogen and oxygen atoms in total. The van der Waals surface area contributed by atoms with Crippen LogP contribution in [-0.4, -0.2) is 43.6 Å². The molecule has 3 aromatic rings. The summed E-state index contributed by atoms with van der Waals surface area (Å²) in [6.07, 6.45) is 5.83. The van der Waals surface area contributed by atoms with E-state index in [0.717, 1.165) is 61.6 Å². The molecular weight excluding hydrogens is 330 g/mol. The zero-order valence-corrected chi connectivity index (χ0v) is 14.5. The molecule has 134 valence electrons. The molecule has 1 saturated heterocycles. The molecule has 26 heavy (non-hydrogen) atoms. The van der Waals surface area contributed by atoms with Crippen LogP contribution < -0.4 is 0 Å². The second-order valence-electron chi connectivity index (χ2n) is 7.27. The lowest BCUT2D eigenvalue weighted by Crippen LogP contribution is -2.39. The van der Waals surface area contributed by atoms with Crippen LogP contribution in [0.4, 0.5) is 0 Å². The van der Waals surface area contributed by atoms with E-state index in [0.29, 0.717) is 12.5 Å². The molecule has 0 bridgehead atoms. The standard InChI is InChI=1S/C19H21N5O2/c25-17(11-24-12-20-15-3-1-2-4-16(15)24)23-9-7-14(8-10-23)19-22-21-18(26-19)13-5-6-13/h1-4,12-14H,5-11H2. The van der Waals surface area contributed by atoms with Crippen molar-refractivity contribution < 1.29 is 9.21 Å². The second-order valence-corrected chi connectivity index (χ2v) is 7.27. The highest BCUT2D eigenvalue weighted by molar-refractivity contribution is 5.80. The molecule has 0 N–H and O–H groups in total. The van der Waals surface area contributed by atoms with Gasteiger partial charge in [0.1, 0.15) is 6.54 Å². The largest absolute Gasteiger partial charge is 0.425 e. The van der Waals surface area contributed by atoms with Crippen molar-refractivity contribution in [1.82, 2.24) is 24.6 Å². The molecule has 3 heterocycles. The Kier molecular flexibility index (Phi) is 3.72. The number of hydrogen-bond acceptors (Lipinski definition) is 5. The summed E-state index contributed by atoms with van der Waals surface area (Å²) in [7, 11) is 0. The second kappa shape index (κ2) is 6.23. The van der Waals surface area contributed by atoms with E-state index in [2.05, 4.69) is 15.2 Å². The number of rotatable bonds is 4. The third kappa shape index (κ3) is 2.87. The number of imidazole rings is 1. The van der Waals surface area contributed by atoms with E-state index in [9.17, 15) is 4.79 Å². The monoisotopic (exact) mass is 351 g/mol. The van der Waals surface area contributed by atoms with E-state index < -0.39 is 0 Å². The number of hydrogen-bond donors (Lipinski definition) is 0. The average Bonchev–Trinajstić information content (AvgIpc) is 3.28. The average molecular weight is 351 g/mol.